The standard InChI is InChI=1S/C29H33N3O2/c1-2-12-26-22-31(29(34)30-21-23-13-6-3-7-14-23)19-20-32(26)28(33)27(24-15-8-4-9-16-24)25-17-10-5-11-18-25/h3-11,13-18,26-27H,2,12,19-22H2,1H3,(H,30,34). The highest BCUT2D eigenvalue weighted by molar-refractivity contribution is 5.88. The monoisotopic (exact) mass is 455 g/mol. The molecule has 1 aliphatic heterocycles. The lowest BCUT2D eigenvalue weighted by Gasteiger charge is -2.43. The van der Waals surface area contributed by atoms with Gasteiger partial charge in [0, 0.05) is 32.2 Å². The minimum Gasteiger partial charge on any atom is -0.335 e. The molecule has 176 valence electrons. The van der Waals surface area contributed by atoms with E-state index in [-0.39, 0.29) is 23.9 Å². The van der Waals surface area contributed by atoms with Crippen LogP contribution in [0, 0.1) is 0 Å². The van der Waals surface area contributed by atoms with Crippen LogP contribution >= 0.6 is 0 Å². The zero-order chi connectivity index (χ0) is 23.8. The lowest BCUT2D eigenvalue weighted by molar-refractivity contribution is -0.136. The van der Waals surface area contributed by atoms with Gasteiger partial charge >= 0.3 is 6.03 Å². The number of hydrogen-bond acceptors (Lipinski definition) is 2. The topological polar surface area (TPSA) is 52.7 Å². The summed E-state index contributed by atoms with van der Waals surface area (Å²) in [4.78, 5) is 30.7. The van der Waals surface area contributed by atoms with Crippen molar-refractivity contribution in [3.8, 4) is 0 Å². The summed E-state index contributed by atoms with van der Waals surface area (Å²) in [7, 11) is 0. The van der Waals surface area contributed by atoms with E-state index in [2.05, 4.69) is 12.2 Å². The molecule has 1 heterocycles. The van der Waals surface area contributed by atoms with Crippen LogP contribution in [0.25, 0.3) is 0 Å². The lowest BCUT2D eigenvalue weighted by atomic mass is 9.89. The van der Waals surface area contributed by atoms with Gasteiger partial charge in [0.2, 0.25) is 5.91 Å². The van der Waals surface area contributed by atoms with Crippen molar-refractivity contribution in [2.24, 2.45) is 0 Å². The SMILES string of the molecule is CCCC1CN(C(=O)NCc2ccccc2)CCN1C(=O)C(c1ccccc1)c1ccccc1. The van der Waals surface area contributed by atoms with Gasteiger partial charge in [-0.3, -0.25) is 4.79 Å². The zero-order valence-corrected chi connectivity index (χ0v) is 19.8. The van der Waals surface area contributed by atoms with Crippen molar-refractivity contribution >= 4 is 11.9 Å². The number of piperazine rings is 1. The molecule has 1 atom stereocenters. The van der Waals surface area contributed by atoms with Gasteiger partial charge in [-0.15, -0.1) is 0 Å². The van der Waals surface area contributed by atoms with E-state index >= 15 is 0 Å². The first-order valence-electron chi connectivity index (χ1n) is 12.1. The summed E-state index contributed by atoms with van der Waals surface area (Å²) in [6.45, 7) is 4.25. The molecule has 0 saturated carbocycles. The van der Waals surface area contributed by atoms with Crippen molar-refractivity contribution in [1.82, 2.24) is 15.1 Å². The van der Waals surface area contributed by atoms with Gasteiger partial charge in [0.15, 0.2) is 0 Å². The average molecular weight is 456 g/mol. The molecular formula is C29H33N3O2. The summed E-state index contributed by atoms with van der Waals surface area (Å²) < 4.78 is 0. The minimum atomic E-state index is -0.347. The molecule has 1 saturated heterocycles. The van der Waals surface area contributed by atoms with E-state index in [0.29, 0.717) is 26.2 Å². The average Bonchev–Trinajstić information content (AvgIpc) is 2.89. The lowest BCUT2D eigenvalue weighted by Crippen LogP contribution is -2.58. The molecule has 3 aromatic carbocycles. The van der Waals surface area contributed by atoms with Gasteiger partial charge in [-0.1, -0.05) is 104 Å². The quantitative estimate of drug-likeness (QED) is 0.543. The maximum absolute atomic E-state index is 14.0. The van der Waals surface area contributed by atoms with Crippen LogP contribution in [0.1, 0.15) is 42.4 Å². The van der Waals surface area contributed by atoms with Crippen molar-refractivity contribution in [1.29, 1.82) is 0 Å². The third-order valence-corrected chi connectivity index (χ3v) is 6.47. The normalized spacial score (nSPS) is 15.9. The predicted octanol–water partition coefficient (Wildman–Crippen LogP) is 5.04. The first-order chi connectivity index (χ1) is 16.7. The zero-order valence-electron chi connectivity index (χ0n) is 19.8. The summed E-state index contributed by atoms with van der Waals surface area (Å²) in [6.07, 6.45) is 1.82. The van der Waals surface area contributed by atoms with Crippen molar-refractivity contribution in [3.63, 3.8) is 0 Å². The van der Waals surface area contributed by atoms with Crippen LogP contribution < -0.4 is 5.32 Å². The second-order valence-corrected chi connectivity index (χ2v) is 8.82. The van der Waals surface area contributed by atoms with Crippen LogP contribution in [-0.4, -0.2) is 47.4 Å². The molecule has 4 rings (SSSR count). The van der Waals surface area contributed by atoms with E-state index in [1.54, 1.807) is 0 Å². The smallest absolute Gasteiger partial charge is 0.317 e. The van der Waals surface area contributed by atoms with Gasteiger partial charge in [-0.2, -0.15) is 0 Å². The Balaban J connectivity index is 1.49. The third-order valence-electron chi connectivity index (χ3n) is 6.47. The highest BCUT2D eigenvalue weighted by Crippen LogP contribution is 2.29. The first-order valence-corrected chi connectivity index (χ1v) is 12.1. The number of urea groups is 1. The summed E-state index contributed by atoms with van der Waals surface area (Å²) in [5.74, 6) is -0.236. The number of nitrogens with zero attached hydrogens (tertiary/aromatic N) is 2. The highest BCUT2D eigenvalue weighted by atomic mass is 16.2. The van der Waals surface area contributed by atoms with E-state index < -0.39 is 0 Å². The van der Waals surface area contributed by atoms with Crippen LogP contribution in [0.15, 0.2) is 91.0 Å². The fraction of sp³-hybridized carbons (Fsp3) is 0.310. The number of carbonyl (C=O) groups excluding carboxylic acids is 2. The molecule has 1 unspecified atom stereocenters. The van der Waals surface area contributed by atoms with Crippen molar-refractivity contribution in [2.75, 3.05) is 19.6 Å². The van der Waals surface area contributed by atoms with Gasteiger partial charge in [-0.05, 0) is 23.1 Å². The van der Waals surface area contributed by atoms with Gasteiger partial charge in [-0.25, -0.2) is 4.79 Å². The fourth-order valence-electron chi connectivity index (χ4n) is 4.73. The van der Waals surface area contributed by atoms with Crippen molar-refractivity contribution in [2.45, 2.75) is 38.3 Å². The number of rotatable bonds is 7. The summed E-state index contributed by atoms with van der Waals surface area (Å²) in [6, 6.07) is 29.8. The van der Waals surface area contributed by atoms with Crippen LogP contribution in [0.3, 0.4) is 0 Å². The highest BCUT2D eigenvalue weighted by Gasteiger charge is 2.36. The Labute approximate surface area is 202 Å². The predicted molar refractivity (Wildman–Crippen MR) is 135 cm³/mol. The Bertz CT molecular complexity index is 1020. The molecule has 0 bridgehead atoms. The van der Waals surface area contributed by atoms with E-state index in [1.165, 1.54) is 0 Å². The van der Waals surface area contributed by atoms with E-state index in [1.807, 2.05) is 101 Å². The third kappa shape index (κ3) is 5.66. The number of amides is 3. The van der Waals surface area contributed by atoms with Crippen molar-refractivity contribution < 1.29 is 9.59 Å². The molecule has 3 amide bonds. The Morgan fingerprint density at radius 3 is 1.97 bits per heavy atom. The minimum absolute atomic E-state index is 0.00338. The van der Waals surface area contributed by atoms with Crippen LogP contribution in [0.4, 0.5) is 4.79 Å². The van der Waals surface area contributed by atoms with Crippen LogP contribution in [0.2, 0.25) is 0 Å². The molecule has 1 aliphatic rings. The van der Waals surface area contributed by atoms with Gasteiger partial charge in [0.1, 0.15) is 0 Å². The molecule has 34 heavy (non-hydrogen) atoms. The van der Waals surface area contributed by atoms with Gasteiger partial charge < -0.3 is 15.1 Å². The van der Waals surface area contributed by atoms with E-state index in [0.717, 1.165) is 29.5 Å². The summed E-state index contributed by atoms with van der Waals surface area (Å²) in [5.41, 5.74) is 3.07. The largest absolute Gasteiger partial charge is 0.335 e. The molecule has 0 aromatic heterocycles. The summed E-state index contributed by atoms with van der Waals surface area (Å²) >= 11 is 0. The number of carbonyl (C=O) groups is 2. The second kappa shape index (κ2) is 11.5. The van der Waals surface area contributed by atoms with Crippen LogP contribution in [-0.2, 0) is 11.3 Å². The fourth-order valence-corrected chi connectivity index (χ4v) is 4.73. The molecule has 0 aliphatic carbocycles. The Kier molecular flexibility index (Phi) is 7.97. The van der Waals surface area contributed by atoms with Gasteiger partial charge in [0.25, 0.3) is 0 Å². The molecule has 3 aromatic rings. The second-order valence-electron chi connectivity index (χ2n) is 8.82. The Hall–Kier alpha value is -3.60. The molecule has 0 spiro atoms. The van der Waals surface area contributed by atoms with Crippen LogP contribution in [0.5, 0.6) is 0 Å². The molecule has 0 radical (unpaired) electrons. The first kappa shape index (κ1) is 23.6. The Morgan fingerprint density at radius 2 is 1.41 bits per heavy atom. The Morgan fingerprint density at radius 1 is 0.853 bits per heavy atom. The molecule has 5 nitrogen and oxygen atoms in total. The van der Waals surface area contributed by atoms with Gasteiger partial charge in [0.05, 0.1) is 5.92 Å². The molecule has 1 fully saturated rings. The summed E-state index contributed by atoms with van der Waals surface area (Å²) in [5, 5.41) is 3.03. The molecule has 1 N–H and O–H groups in total. The number of nitrogens with one attached hydrogen (secondary N) is 1. The number of benzene rings is 3. The molecule has 5 heteroatoms. The van der Waals surface area contributed by atoms with E-state index in [9.17, 15) is 9.59 Å². The number of hydrogen-bond donors (Lipinski definition) is 1. The maximum Gasteiger partial charge on any atom is 0.317 e. The maximum atomic E-state index is 14.0. The van der Waals surface area contributed by atoms with E-state index in [4.69, 9.17) is 0 Å². The van der Waals surface area contributed by atoms with Crippen molar-refractivity contribution in [3.05, 3.63) is 108 Å². The molecular weight excluding hydrogens is 422 g/mol.